The largest absolute Gasteiger partial charge is 0.277 e. The molecule has 0 fully saturated rings. The van der Waals surface area contributed by atoms with E-state index in [0.29, 0.717) is 6.41 Å². The highest BCUT2D eigenvalue weighted by Gasteiger charge is 1.71. The Kier molecular flexibility index (Phi) is 13.7. The minimum Gasteiger partial charge on any atom is -0.277 e. The SMILES string of the molecule is NN.O=CN(S)S. The number of carbonyl (C=O) groups excluding carboxylic acids is 1. The van der Waals surface area contributed by atoms with Gasteiger partial charge in [-0.05, 0) is 0 Å². The number of hydrazine groups is 1. The molecule has 0 aromatic rings. The van der Waals surface area contributed by atoms with Crippen LogP contribution in [0.5, 0.6) is 0 Å². The molecule has 1 amide bonds. The number of nitrogens with zero attached hydrogens (tertiary/aromatic N) is 1. The predicted molar refractivity (Wildman–Crippen MR) is 34.2 cm³/mol. The van der Waals surface area contributed by atoms with Crippen molar-refractivity contribution in [2.24, 2.45) is 11.7 Å². The Morgan fingerprint density at radius 2 is 1.57 bits per heavy atom. The molecule has 0 aliphatic carbocycles. The maximum atomic E-state index is 9.28. The lowest BCUT2D eigenvalue weighted by molar-refractivity contribution is -0.110. The molecular formula is CH7N3OS2. The molecule has 44 valence electrons. The van der Waals surface area contributed by atoms with Crippen molar-refractivity contribution in [3.63, 3.8) is 0 Å². The van der Waals surface area contributed by atoms with Gasteiger partial charge in [-0.3, -0.25) is 16.5 Å². The molecule has 0 spiro atoms. The van der Waals surface area contributed by atoms with Gasteiger partial charge in [-0.2, -0.15) is 0 Å². The summed E-state index contributed by atoms with van der Waals surface area (Å²) in [7, 11) is 0. The summed E-state index contributed by atoms with van der Waals surface area (Å²) in [6, 6.07) is 0. The molecule has 4 N–H and O–H groups in total. The van der Waals surface area contributed by atoms with Crippen molar-refractivity contribution in [1.82, 2.24) is 3.71 Å². The summed E-state index contributed by atoms with van der Waals surface area (Å²) in [5.41, 5.74) is 0. The van der Waals surface area contributed by atoms with Crippen molar-refractivity contribution in [3.8, 4) is 0 Å². The first-order chi connectivity index (χ1) is 3.27. The van der Waals surface area contributed by atoms with Gasteiger partial charge in [0, 0.05) is 0 Å². The summed E-state index contributed by atoms with van der Waals surface area (Å²) in [6.45, 7) is 0. The topological polar surface area (TPSA) is 72.3 Å². The molecule has 0 rings (SSSR count). The first-order valence-corrected chi connectivity index (χ1v) is 2.03. The van der Waals surface area contributed by atoms with Gasteiger partial charge in [0.2, 0.25) is 6.41 Å². The van der Waals surface area contributed by atoms with Crippen LogP contribution in [-0.4, -0.2) is 10.1 Å². The normalized spacial score (nSPS) is 5.71. The van der Waals surface area contributed by atoms with Gasteiger partial charge in [0.25, 0.3) is 0 Å². The third-order valence-corrected chi connectivity index (χ3v) is 0.283. The highest BCUT2D eigenvalue weighted by atomic mass is 32.2. The molecule has 0 heterocycles. The van der Waals surface area contributed by atoms with Crippen LogP contribution in [0.4, 0.5) is 0 Å². The molecular weight excluding hydrogens is 134 g/mol. The lowest BCUT2D eigenvalue weighted by atomic mass is 11.5. The van der Waals surface area contributed by atoms with Crippen LogP contribution in [0.15, 0.2) is 0 Å². The molecule has 4 nitrogen and oxygen atoms in total. The molecule has 0 aromatic carbocycles. The van der Waals surface area contributed by atoms with Gasteiger partial charge in [0.05, 0.1) is 0 Å². The van der Waals surface area contributed by atoms with E-state index in [4.69, 9.17) is 0 Å². The van der Waals surface area contributed by atoms with Crippen LogP contribution in [0.2, 0.25) is 0 Å². The number of nitrogens with two attached hydrogens (primary N) is 2. The van der Waals surface area contributed by atoms with Gasteiger partial charge in [-0.1, -0.05) is 25.6 Å². The second-order valence-corrected chi connectivity index (χ2v) is 1.60. The molecule has 0 bridgehead atoms. The van der Waals surface area contributed by atoms with E-state index >= 15 is 0 Å². The van der Waals surface area contributed by atoms with E-state index in [0.717, 1.165) is 3.71 Å². The Hall–Kier alpha value is 0.0900. The monoisotopic (exact) mass is 141 g/mol. The van der Waals surface area contributed by atoms with Crippen LogP contribution >= 0.6 is 25.6 Å². The van der Waals surface area contributed by atoms with Crippen LogP contribution < -0.4 is 11.7 Å². The van der Waals surface area contributed by atoms with Gasteiger partial charge < -0.3 is 0 Å². The number of carbonyl (C=O) groups is 1. The van der Waals surface area contributed by atoms with Crippen LogP contribution in [-0.2, 0) is 4.79 Å². The highest BCUT2D eigenvalue weighted by Crippen LogP contribution is 1.86. The van der Waals surface area contributed by atoms with Crippen molar-refractivity contribution in [3.05, 3.63) is 0 Å². The number of thiol groups is 2. The Balaban J connectivity index is 0. The summed E-state index contributed by atoms with van der Waals surface area (Å²) in [5, 5.41) is 0. The maximum absolute atomic E-state index is 9.28. The first-order valence-electron chi connectivity index (χ1n) is 1.23. The highest BCUT2D eigenvalue weighted by molar-refractivity contribution is 7.94. The summed E-state index contributed by atoms with van der Waals surface area (Å²) in [4.78, 5) is 9.28. The molecule has 6 heteroatoms. The van der Waals surface area contributed by atoms with Crippen LogP contribution in [0.3, 0.4) is 0 Å². The van der Waals surface area contributed by atoms with E-state index in [2.05, 4.69) is 37.3 Å². The second kappa shape index (κ2) is 9.43. The molecule has 7 heavy (non-hydrogen) atoms. The second-order valence-electron chi connectivity index (χ2n) is 0.426. The number of amides is 1. The lowest BCUT2D eigenvalue weighted by Gasteiger charge is -1.88. The van der Waals surface area contributed by atoms with Crippen LogP contribution in [0.1, 0.15) is 0 Å². The Labute approximate surface area is 52.9 Å². The van der Waals surface area contributed by atoms with E-state index in [9.17, 15) is 4.79 Å². The van der Waals surface area contributed by atoms with E-state index in [1.54, 1.807) is 0 Å². The van der Waals surface area contributed by atoms with E-state index < -0.39 is 0 Å². The summed E-state index contributed by atoms with van der Waals surface area (Å²) in [5.74, 6) is 8.00. The lowest BCUT2D eigenvalue weighted by Crippen LogP contribution is -2.02. The molecule has 0 saturated heterocycles. The van der Waals surface area contributed by atoms with E-state index in [-0.39, 0.29) is 0 Å². The van der Waals surface area contributed by atoms with Crippen molar-refractivity contribution in [2.45, 2.75) is 0 Å². The van der Waals surface area contributed by atoms with Gasteiger partial charge >= 0.3 is 0 Å². The summed E-state index contributed by atoms with van der Waals surface area (Å²) in [6.07, 6.45) is 0.478. The molecule has 0 atom stereocenters. The average molecular weight is 141 g/mol. The molecule has 0 saturated carbocycles. The Morgan fingerprint density at radius 3 is 1.57 bits per heavy atom. The fourth-order valence-corrected chi connectivity index (χ4v) is 0. The molecule has 0 radical (unpaired) electrons. The average Bonchev–Trinajstić information content (AvgIpc) is 1.73. The smallest absolute Gasteiger partial charge is 0.229 e. The van der Waals surface area contributed by atoms with Crippen molar-refractivity contribution in [2.75, 3.05) is 0 Å². The number of hydrogen-bond donors (Lipinski definition) is 4. The molecule has 0 aromatic heterocycles. The zero-order valence-electron chi connectivity index (χ0n) is 3.48. The van der Waals surface area contributed by atoms with Gasteiger partial charge in [0.15, 0.2) is 0 Å². The summed E-state index contributed by atoms with van der Waals surface area (Å²) >= 11 is 6.85. The predicted octanol–water partition coefficient (Wildman–Crippen LogP) is -1.05. The van der Waals surface area contributed by atoms with Crippen LogP contribution in [0, 0.1) is 0 Å². The number of rotatable bonds is 1. The molecule has 0 unspecified atom stereocenters. The zero-order valence-corrected chi connectivity index (χ0v) is 5.27. The van der Waals surface area contributed by atoms with Crippen molar-refractivity contribution < 1.29 is 4.79 Å². The quantitative estimate of drug-likeness (QED) is 0.163. The Morgan fingerprint density at radius 1 is 1.43 bits per heavy atom. The third kappa shape index (κ3) is 23.3. The maximum Gasteiger partial charge on any atom is 0.229 e. The van der Waals surface area contributed by atoms with E-state index in [1.807, 2.05) is 0 Å². The molecule has 0 aliphatic heterocycles. The van der Waals surface area contributed by atoms with E-state index in [1.165, 1.54) is 0 Å². The van der Waals surface area contributed by atoms with Crippen LogP contribution in [0.25, 0.3) is 0 Å². The minimum absolute atomic E-state index is 0.478. The van der Waals surface area contributed by atoms with Gasteiger partial charge in [-0.25, -0.2) is 3.71 Å². The van der Waals surface area contributed by atoms with Crippen molar-refractivity contribution >= 4 is 32.0 Å². The Bertz CT molecular complexity index is 39.9. The van der Waals surface area contributed by atoms with Crippen molar-refractivity contribution in [1.29, 1.82) is 0 Å². The standard InChI is InChI=1S/CH3NOS2.H4N2/c3-1-2(4)5;1-2/h1,4-5H;1-2H2. The summed E-state index contributed by atoms with van der Waals surface area (Å²) < 4.78 is 0.833. The number of hydrogen-bond acceptors (Lipinski definition) is 5. The fraction of sp³-hybridized carbons (Fsp3) is 0. The zero-order chi connectivity index (χ0) is 6.28. The third-order valence-electron chi connectivity index (χ3n) is 0.0943. The van der Waals surface area contributed by atoms with Gasteiger partial charge in [0.1, 0.15) is 0 Å². The molecule has 0 aliphatic rings. The first kappa shape index (κ1) is 10.1. The van der Waals surface area contributed by atoms with Gasteiger partial charge in [-0.15, -0.1) is 0 Å². The fourth-order valence-electron chi connectivity index (χ4n) is 0. The minimum atomic E-state index is 0.478.